The number of rotatable bonds is 9. The van der Waals surface area contributed by atoms with Gasteiger partial charge >= 0.3 is 0 Å². The summed E-state index contributed by atoms with van der Waals surface area (Å²) in [6.07, 6.45) is 3.33. The largest absolute Gasteiger partial charge is 0.493 e. The van der Waals surface area contributed by atoms with Gasteiger partial charge in [0.1, 0.15) is 5.75 Å². The minimum atomic E-state index is 0.760. The summed E-state index contributed by atoms with van der Waals surface area (Å²) in [5.74, 6) is 0.940. The molecule has 1 aromatic rings. The van der Waals surface area contributed by atoms with Crippen LogP contribution >= 0.6 is 0 Å². The van der Waals surface area contributed by atoms with E-state index < -0.39 is 0 Å². The van der Waals surface area contributed by atoms with Crippen molar-refractivity contribution < 1.29 is 9.47 Å². The lowest BCUT2D eigenvalue weighted by Gasteiger charge is -2.11. The summed E-state index contributed by atoms with van der Waals surface area (Å²) in [6, 6.07) is 8.06. The Bertz CT molecular complexity index is 358. The van der Waals surface area contributed by atoms with Crippen LogP contribution in [-0.2, 0) is 4.74 Å². The van der Waals surface area contributed by atoms with Gasteiger partial charge in [0, 0.05) is 18.8 Å². The van der Waals surface area contributed by atoms with Gasteiger partial charge in [0.05, 0.1) is 6.61 Å². The normalized spacial score (nSPS) is 10.3. The van der Waals surface area contributed by atoms with E-state index in [0.29, 0.717) is 0 Å². The van der Waals surface area contributed by atoms with Crippen LogP contribution in [0.5, 0.6) is 5.75 Å². The molecule has 0 aliphatic heterocycles. The van der Waals surface area contributed by atoms with Crippen molar-refractivity contribution in [3.63, 3.8) is 0 Å². The van der Waals surface area contributed by atoms with Gasteiger partial charge in [-0.15, -0.1) is 0 Å². The predicted octanol–water partition coefficient (Wildman–Crippen LogP) is 4.31. The second-order valence-corrected chi connectivity index (χ2v) is 4.38. The van der Waals surface area contributed by atoms with Crippen molar-refractivity contribution in [3.8, 4) is 5.75 Å². The van der Waals surface area contributed by atoms with E-state index in [4.69, 9.17) is 9.47 Å². The van der Waals surface area contributed by atoms with Crippen molar-refractivity contribution in [1.82, 2.24) is 0 Å². The zero-order valence-electron chi connectivity index (χ0n) is 11.6. The molecule has 0 N–H and O–H groups in total. The zero-order chi connectivity index (χ0) is 13.2. The van der Waals surface area contributed by atoms with Gasteiger partial charge in [-0.25, -0.2) is 0 Å². The summed E-state index contributed by atoms with van der Waals surface area (Å²) < 4.78 is 11.1. The molecule has 0 radical (unpaired) electrons. The number of hydrogen-bond acceptors (Lipinski definition) is 2. The summed E-state index contributed by atoms with van der Waals surface area (Å²) in [5, 5.41) is 0. The maximum atomic E-state index is 5.80. The fourth-order valence-electron chi connectivity index (χ4n) is 1.75. The van der Waals surface area contributed by atoms with Crippen LogP contribution < -0.4 is 4.74 Å². The zero-order valence-corrected chi connectivity index (χ0v) is 11.6. The summed E-state index contributed by atoms with van der Waals surface area (Å²) in [6.45, 7) is 10.4. The summed E-state index contributed by atoms with van der Waals surface area (Å²) in [7, 11) is 0. The van der Waals surface area contributed by atoms with Gasteiger partial charge < -0.3 is 9.47 Å². The first-order valence-electron chi connectivity index (χ1n) is 6.71. The Labute approximate surface area is 111 Å². The van der Waals surface area contributed by atoms with Crippen molar-refractivity contribution >= 4 is 5.57 Å². The van der Waals surface area contributed by atoms with Crippen molar-refractivity contribution in [1.29, 1.82) is 0 Å². The minimum absolute atomic E-state index is 0.760. The molecule has 0 bridgehead atoms. The van der Waals surface area contributed by atoms with Crippen LogP contribution in [0.25, 0.3) is 5.57 Å². The Morgan fingerprint density at radius 1 is 1.11 bits per heavy atom. The number of benzene rings is 1. The molecule has 0 aromatic heterocycles. The Balaban J connectivity index is 2.25. The Hall–Kier alpha value is -1.28. The lowest BCUT2D eigenvalue weighted by Crippen LogP contribution is -2.01. The smallest absolute Gasteiger partial charge is 0.126 e. The van der Waals surface area contributed by atoms with Crippen LogP contribution in [0.3, 0.4) is 0 Å². The van der Waals surface area contributed by atoms with Gasteiger partial charge in [-0.2, -0.15) is 0 Å². The third-order valence-electron chi connectivity index (χ3n) is 2.74. The Kier molecular flexibility index (Phi) is 7.19. The first kappa shape index (κ1) is 14.8. The Morgan fingerprint density at radius 3 is 2.56 bits per heavy atom. The Morgan fingerprint density at radius 2 is 1.83 bits per heavy atom. The van der Waals surface area contributed by atoms with Crippen LogP contribution in [-0.4, -0.2) is 19.8 Å². The third-order valence-corrected chi connectivity index (χ3v) is 2.74. The van der Waals surface area contributed by atoms with Crippen molar-refractivity contribution in [2.24, 2.45) is 0 Å². The van der Waals surface area contributed by atoms with Gasteiger partial charge in [0.2, 0.25) is 0 Å². The molecule has 0 unspecified atom stereocenters. The minimum Gasteiger partial charge on any atom is -0.493 e. The molecule has 2 nitrogen and oxygen atoms in total. The monoisotopic (exact) mass is 248 g/mol. The van der Waals surface area contributed by atoms with Crippen molar-refractivity contribution in [3.05, 3.63) is 36.4 Å². The highest BCUT2D eigenvalue weighted by Gasteiger charge is 2.02. The summed E-state index contributed by atoms with van der Waals surface area (Å²) >= 11 is 0. The van der Waals surface area contributed by atoms with Crippen LogP contribution in [0.15, 0.2) is 30.8 Å². The second-order valence-electron chi connectivity index (χ2n) is 4.38. The van der Waals surface area contributed by atoms with E-state index in [9.17, 15) is 0 Å². The second kappa shape index (κ2) is 8.76. The molecule has 0 saturated carbocycles. The average Bonchev–Trinajstić information content (AvgIpc) is 2.38. The number of allylic oxidation sites excluding steroid dienone is 1. The number of unbranched alkanes of at least 4 members (excludes halogenated alkanes) is 2. The molecule has 0 aliphatic carbocycles. The SMILES string of the molecule is C=C(C)c1ccccc1OCCCCCOCC. The summed E-state index contributed by atoms with van der Waals surface area (Å²) in [4.78, 5) is 0. The van der Waals surface area contributed by atoms with Gasteiger partial charge in [0.15, 0.2) is 0 Å². The highest BCUT2D eigenvalue weighted by atomic mass is 16.5. The molecular weight excluding hydrogens is 224 g/mol. The van der Waals surface area contributed by atoms with Gasteiger partial charge in [-0.05, 0) is 44.7 Å². The molecule has 1 rings (SSSR count). The third kappa shape index (κ3) is 5.37. The van der Waals surface area contributed by atoms with E-state index in [2.05, 4.69) is 6.58 Å². The first-order chi connectivity index (χ1) is 8.75. The fraction of sp³-hybridized carbons (Fsp3) is 0.500. The van der Waals surface area contributed by atoms with Gasteiger partial charge in [-0.3, -0.25) is 0 Å². The van der Waals surface area contributed by atoms with Gasteiger partial charge in [-0.1, -0.05) is 24.8 Å². The number of hydrogen-bond donors (Lipinski definition) is 0. The highest BCUT2D eigenvalue weighted by molar-refractivity contribution is 5.66. The molecular formula is C16H24O2. The molecule has 0 spiro atoms. The van der Waals surface area contributed by atoms with E-state index in [1.165, 1.54) is 0 Å². The molecule has 0 saturated heterocycles. The molecule has 1 aromatic carbocycles. The standard InChI is InChI=1S/C16H24O2/c1-4-17-12-8-5-9-13-18-16-11-7-6-10-15(16)14(2)3/h6-7,10-11H,2,4-5,8-9,12-13H2,1,3H3. The van der Waals surface area contributed by atoms with E-state index in [0.717, 1.165) is 56.0 Å². The maximum Gasteiger partial charge on any atom is 0.126 e. The van der Waals surface area contributed by atoms with Crippen molar-refractivity contribution in [2.45, 2.75) is 33.1 Å². The van der Waals surface area contributed by atoms with E-state index >= 15 is 0 Å². The molecule has 0 fully saturated rings. The predicted molar refractivity (Wildman–Crippen MR) is 77.0 cm³/mol. The lowest BCUT2D eigenvalue weighted by molar-refractivity contribution is 0.141. The number of para-hydroxylation sites is 1. The van der Waals surface area contributed by atoms with Crippen LogP contribution in [0.1, 0.15) is 38.7 Å². The maximum absolute atomic E-state index is 5.80. The van der Waals surface area contributed by atoms with E-state index in [1.807, 2.05) is 38.1 Å². The van der Waals surface area contributed by atoms with Crippen molar-refractivity contribution in [2.75, 3.05) is 19.8 Å². The van der Waals surface area contributed by atoms with E-state index in [-0.39, 0.29) is 0 Å². The summed E-state index contributed by atoms with van der Waals surface area (Å²) in [5.41, 5.74) is 2.15. The number of ether oxygens (including phenoxy) is 2. The fourth-order valence-corrected chi connectivity index (χ4v) is 1.75. The van der Waals surface area contributed by atoms with Gasteiger partial charge in [0.25, 0.3) is 0 Å². The molecule has 0 heterocycles. The van der Waals surface area contributed by atoms with Crippen LogP contribution in [0, 0.1) is 0 Å². The molecule has 2 heteroatoms. The molecule has 0 atom stereocenters. The van der Waals surface area contributed by atoms with Crippen LogP contribution in [0.4, 0.5) is 0 Å². The first-order valence-corrected chi connectivity index (χ1v) is 6.71. The highest BCUT2D eigenvalue weighted by Crippen LogP contribution is 2.24. The average molecular weight is 248 g/mol. The molecule has 100 valence electrons. The van der Waals surface area contributed by atoms with Crippen LogP contribution in [0.2, 0.25) is 0 Å². The lowest BCUT2D eigenvalue weighted by atomic mass is 10.1. The quantitative estimate of drug-likeness (QED) is 0.606. The molecule has 0 aliphatic rings. The molecule has 18 heavy (non-hydrogen) atoms. The van der Waals surface area contributed by atoms with E-state index in [1.54, 1.807) is 0 Å². The topological polar surface area (TPSA) is 18.5 Å². The molecule has 0 amide bonds.